The highest BCUT2D eigenvalue weighted by molar-refractivity contribution is 6.11. The Morgan fingerprint density at radius 1 is 1.52 bits per heavy atom. The Hall–Kier alpha value is -3.27. The maximum Gasteiger partial charge on any atom is 0.269 e. The molecule has 6 nitrogen and oxygen atoms in total. The van der Waals surface area contributed by atoms with Gasteiger partial charge in [0.2, 0.25) is 0 Å². The van der Waals surface area contributed by atoms with Crippen molar-refractivity contribution in [2.24, 2.45) is 5.92 Å². The Balaban J connectivity index is 1.76. The SMILES string of the molecule is C/C(=C/C(=N)c1cc(F)ccc1C#N)c1ncc(C(=O)NC(C)C2CC2)[nH]1. The van der Waals surface area contributed by atoms with Gasteiger partial charge >= 0.3 is 0 Å². The molecule has 1 aliphatic rings. The van der Waals surface area contributed by atoms with E-state index in [0.717, 1.165) is 18.9 Å². The van der Waals surface area contributed by atoms with Crippen molar-refractivity contribution in [2.75, 3.05) is 0 Å². The largest absolute Gasteiger partial charge is 0.348 e. The number of H-pyrrole nitrogens is 1. The van der Waals surface area contributed by atoms with Gasteiger partial charge in [-0.1, -0.05) is 0 Å². The number of carbonyl (C=O) groups excluding carboxylic acids is 1. The molecule has 0 saturated heterocycles. The van der Waals surface area contributed by atoms with Gasteiger partial charge in [0, 0.05) is 11.6 Å². The quantitative estimate of drug-likeness (QED) is 0.683. The van der Waals surface area contributed by atoms with E-state index in [2.05, 4.69) is 15.3 Å². The highest BCUT2D eigenvalue weighted by Crippen LogP contribution is 2.32. The molecule has 1 amide bonds. The van der Waals surface area contributed by atoms with Crippen molar-refractivity contribution in [1.82, 2.24) is 15.3 Å². The second-order valence-electron chi connectivity index (χ2n) is 6.79. The van der Waals surface area contributed by atoms with Crippen LogP contribution in [-0.2, 0) is 0 Å². The first kappa shape index (κ1) is 18.5. The molecule has 1 aromatic carbocycles. The summed E-state index contributed by atoms with van der Waals surface area (Å²) in [5, 5.41) is 20.3. The molecular weight excluding hydrogens is 345 g/mol. The molecule has 27 heavy (non-hydrogen) atoms. The third-order valence-corrected chi connectivity index (χ3v) is 4.63. The summed E-state index contributed by atoms with van der Waals surface area (Å²) in [5.74, 6) is 0.271. The van der Waals surface area contributed by atoms with Gasteiger partial charge in [-0.15, -0.1) is 0 Å². The van der Waals surface area contributed by atoms with Crippen molar-refractivity contribution in [3.63, 3.8) is 0 Å². The summed E-state index contributed by atoms with van der Waals surface area (Å²) in [6.45, 7) is 3.72. The molecule has 1 saturated carbocycles. The lowest BCUT2D eigenvalue weighted by atomic mass is 10.0. The lowest BCUT2D eigenvalue weighted by Crippen LogP contribution is -2.34. The van der Waals surface area contributed by atoms with Crippen LogP contribution in [0, 0.1) is 28.5 Å². The number of aromatic nitrogens is 2. The molecule has 0 spiro atoms. The van der Waals surface area contributed by atoms with Crippen molar-refractivity contribution in [1.29, 1.82) is 10.7 Å². The number of aromatic amines is 1. The van der Waals surface area contributed by atoms with Crippen molar-refractivity contribution in [2.45, 2.75) is 32.7 Å². The summed E-state index contributed by atoms with van der Waals surface area (Å²) in [6.07, 6.45) is 5.23. The van der Waals surface area contributed by atoms with Gasteiger partial charge in [-0.2, -0.15) is 5.26 Å². The standard InChI is InChI=1S/C20H20FN5O/c1-11(7-17(23)16-8-15(21)6-5-14(16)9-22)19-24-10-18(26-19)20(27)25-12(2)13-3-4-13/h5-8,10,12-13,23H,3-4H2,1-2H3,(H,24,26)(H,25,27)/b11-7-,23-17?. The van der Waals surface area contributed by atoms with E-state index >= 15 is 0 Å². The lowest BCUT2D eigenvalue weighted by Gasteiger charge is -2.11. The number of amides is 1. The van der Waals surface area contributed by atoms with E-state index in [9.17, 15) is 9.18 Å². The first-order chi connectivity index (χ1) is 12.9. The molecule has 0 bridgehead atoms. The molecule has 1 aliphatic carbocycles. The third kappa shape index (κ3) is 4.29. The Morgan fingerprint density at radius 2 is 2.26 bits per heavy atom. The predicted octanol–water partition coefficient (Wildman–Crippen LogP) is 3.42. The minimum Gasteiger partial charge on any atom is -0.348 e. The van der Waals surface area contributed by atoms with Gasteiger partial charge in [-0.05, 0) is 62.5 Å². The number of carbonyl (C=O) groups is 1. The van der Waals surface area contributed by atoms with Crippen molar-refractivity contribution >= 4 is 17.2 Å². The van der Waals surface area contributed by atoms with Crippen LogP contribution in [0.4, 0.5) is 4.39 Å². The average Bonchev–Trinajstić information content (AvgIpc) is 3.37. The van der Waals surface area contributed by atoms with E-state index in [0.29, 0.717) is 23.0 Å². The number of nitriles is 1. The van der Waals surface area contributed by atoms with Crippen LogP contribution >= 0.6 is 0 Å². The molecule has 3 N–H and O–H groups in total. The second-order valence-corrected chi connectivity index (χ2v) is 6.79. The Labute approximate surface area is 156 Å². The van der Waals surface area contributed by atoms with E-state index in [1.165, 1.54) is 24.4 Å². The monoisotopic (exact) mass is 365 g/mol. The van der Waals surface area contributed by atoms with Gasteiger partial charge in [0.1, 0.15) is 17.3 Å². The third-order valence-electron chi connectivity index (χ3n) is 4.63. The summed E-state index contributed by atoms with van der Waals surface area (Å²) >= 11 is 0. The first-order valence-electron chi connectivity index (χ1n) is 8.72. The molecule has 1 fully saturated rings. The number of allylic oxidation sites excluding steroid dienone is 2. The van der Waals surface area contributed by atoms with Crippen LogP contribution in [0.1, 0.15) is 54.1 Å². The van der Waals surface area contributed by atoms with Crippen molar-refractivity contribution < 1.29 is 9.18 Å². The van der Waals surface area contributed by atoms with Crippen LogP contribution in [0.15, 0.2) is 30.5 Å². The number of hydrogen-bond acceptors (Lipinski definition) is 4. The van der Waals surface area contributed by atoms with Crippen LogP contribution in [0.5, 0.6) is 0 Å². The Kier molecular flexibility index (Phi) is 5.17. The number of imidazole rings is 1. The summed E-state index contributed by atoms with van der Waals surface area (Å²) in [5.41, 5.74) is 1.37. The van der Waals surface area contributed by atoms with Crippen molar-refractivity contribution in [3.8, 4) is 6.07 Å². The fourth-order valence-corrected chi connectivity index (χ4v) is 2.84. The smallest absolute Gasteiger partial charge is 0.269 e. The highest BCUT2D eigenvalue weighted by atomic mass is 19.1. The average molecular weight is 365 g/mol. The molecule has 7 heteroatoms. The molecule has 138 valence electrons. The minimum absolute atomic E-state index is 0.00620. The Bertz CT molecular complexity index is 965. The molecule has 3 rings (SSSR count). The first-order valence-corrected chi connectivity index (χ1v) is 8.72. The Morgan fingerprint density at radius 3 is 2.93 bits per heavy atom. The van der Waals surface area contributed by atoms with E-state index in [1.807, 2.05) is 13.0 Å². The summed E-state index contributed by atoms with van der Waals surface area (Å²) in [6, 6.07) is 5.78. The van der Waals surface area contributed by atoms with Crippen LogP contribution in [-0.4, -0.2) is 27.6 Å². The van der Waals surface area contributed by atoms with Crippen LogP contribution in [0.3, 0.4) is 0 Å². The minimum atomic E-state index is -0.512. The molecule has 0 aliphatic heterocycles. The number of benzene rings is 1. The van der Waals surface area contributed by atoms with Gasteiger partial charge < -0.3 is 15.7 Å². The summed E-state index contributed by atoms with van der Waals surface area (Å²) in [4.78, 5) is 19.4. The van der Waals surface area contributed by atoms with Crippen molar-refractivity contribution in [3.05, 3.63) is 58.9 Å². The van der Waals surface area contributed by atoms with Crippen LogP contribution in [0.2, 0.25) is 0 Å². The molecular formula is C20H20FN5O. The number of rotatable bonds is 6. The van der Waals surface area contributed by atoms with Gasteiger partial charge in [-0.3, -0.25) is 4.79 Å². The van der Waals surface area contributed by atoms with Gasteiger partial charge in [-0.25, -0.2) is 9.37 Å². The normalized spacial score (nSPS) is 15.1. The predicted molar refractivity (Wildman–Crippen MR) is 99.8 cm³/mol. The molecule has 2 aromatic rings. The van der Waals surface area contributed by atoms with E-state index in [1.54, 1.807) is 6.92 Å². The summed E-state index contributed by atoms with van der Waals surface area (Å²) < 4.78 is 13.5. The van der Waals surface area contributed by atoms with E-state index in [4.69, 9.17) is 10.7 Å². The molecule has 1 aromatic heterocycles. The summed E-state index contributed by atoms with van der Waals surface area (Å²) in [7, 11) is 0. The molecule has 1 atom stereocenters. The fourth-order valence-electron chi connectivity index (χ4n) is 2.84. The molecule has 0 radical (unpaired) electrons. The maximum atomic E-state index is 13.5. The number of hydrogen-bond donors (Lipinski definition) is 3. The lowest BCUT2D eigenvalue weighted by molar-refractivity contribution is 0.0931. The van der Waals surface area contributed by atoms with Crippen LogP contribution in [0.25, 0.3) is 5.57 Å². The zero-order chi connectivity index (χ0) is 19.6. The molecule has 1 unspecified atom stereocenters. The van der Waals surface area contributed by atoms with Gasteiger partial charge in [0.15, 0.2) is 0 Å². The van der Waals surface area contributed by atoms with Crippen LogP contribution < -0.4 is 5.32 Å². The van der Waals surface area contributed by atoms with Gasteiger partial charge in [0.05, 0.1) is 23.5 Å². The fraction of sp³-hybridized carbons (Fsp3) is 0.300. The zero-order valence-corrected chi connectivity index (χ0v) is 15.1. The highest BCUT2D eigenvalue weighted by Gasteiger charge is 2.29. The van der Waals surface area contributed by atoms with E-state index < -0.39 is 5.82 Å². The number of nitrogens with zero attached hydrogens (tertiary/aromatic N) is 2. The maximum absolute atomic E-state index is 13.5. The second kappa shape index (κ2) is 7.54. The number of nitrogens with one attached hydrogen (secondary N) is 3. The number of halogens is 1. The zero-order valence-electron chi connectivity index (χ0n) is 15.1. The van der Waals surface area contributed by atoms with Gasteiger partial charge in [0.25, 0.3) is 5.91 Å². The van der Waals surface area contributed by atoms with E-state index in [-0.39, 0.29) is 28.8 Å². The molecule has 1 heterocycles. The topological polar surface area (TPSA) is 105 Å².